The quantitative estimate of drug-likeness (QED) is 0.748. The number of rotatable bonds is 2. The van der Waals surface area contributed by atoms with Crippen molar-refractivity contribution in [2.45, 2.75) is 0 Å². The zero-order chi connectivity index (χ0) is 14.0. The number of aromatic nitrogens is 1. The molecule has 2 N–H and O–H groups in total. The fourth-order valence-corrected chi connectivity index (χ4v) is 2.90. The first-order valence-electron chi connectivity index (χ1n) is 5.56. The van der Waals surface area contributed by atoms with Gasteiger partial charge in [0.1, 0.15) is 4.60 Å². The van der Waals surface area contributed by atoms with E-state index in [1.165, 1.54) is 10.5 Å². The maximum atomic E-state index is 12.2. The first-order valence-corrected chi connectivity index (χ1v) is 7.86. The van der Waals surface area contributed by atoms with Gasteiger partial charge >= 0.3 is 0 Å². The minimum absolute atomic E-state index is 0.142. The molecule has 0 spiro atoms. The summed E-state index contributed by atoms with van der Waals surface area (Å²) in [5, 5.41) is 5.04. The Morgan fingerprint density at radius 3 is 2.47 bits per heavy atom. The highest BCUT2D eigenvalue weighted by molar-refractivity contribution is 9.10. The highest BCUT2D eigenvalue weighted by atomic mass is 79.9. The van der Waals surface area contributed by atoms with Crippen LogP contribution in [-0.4, -0.2) is 54.7 Å². The van der Waals surface area contributed by atoms with E-state index in [0.717, 1.165) is 0 Å². The van der Waals surface area contributed by atoms with Gasteiger partial charge in [0.25, 0.3) is 16.1 Å². The van der Waals surface area contributed by atoms with E-state index in [-0.39, 0.29) is 19.0 Å². The van der Waals surface area contributed by atoms with Crippen molar-refractivity contribution in [1.82, 2.24) is 14.2 Å². The summed E-state index contributed by atoms with van der Waals surface area (Å²) >= 11 is 3.20. The highest BCUT2D eigenvalue weighted by Crippen LogP contribution is 2.13. The van der Waals surface area contributed by atoms with Gasteiger partial charge in [0, 0.05) is 37.9 Å². The van der Waals surface area contributed by atoms with Gasteiger partial charge in [-0.25, -0.2) is 10.1 Å². The molecular formula is C10H13BrN4O3S. The lowest BCUT2D eigenvalue weighted by Crippen LogP contribution is -2.52. The molecule has 1 aliphatic heterocycles. The first-order chi connectivity index (χ1) is 8.88. The topological polar surface area (TPSA) is 96.6 Å². The molecule has 0 unspecified atom stereocenters. The molecule has 19 heavy (non-hydrogen) atoms. The van der Waals surface area contributed by atoms with Crippen molar-refractivity contribution in [2.24, 2.45) is 5.14 Å². The molecule has 1 amide bonds. The van der Waals surface area contributed by atoms with E-state index in [9.17, 15) is 13.2 Å². The zero-order valence-corrected chi connectivity index (χ0v) is 12.4. The van der Waals surface area contributed by atoms with Crippen molar-refractivity contribution >= 4 is 32.0 Å². The predicted octanol–water partition coefficient (Wildman–Crippen LogP) is -0.195. The van der Waals surface area contributed by atoms with Crippen LogP contribution in [0.25, 0.3) is 0 Å². The van der Waals surface area contributed by atoms with Gasteiger partial charge in [-0.05, 0) is 28.1 Å². The van der Waals surface area contributed by atoms with Crippen molar-refractivity contribution in [2.75, 3.05) is 26.2 Å². The number of amides is 1. The van der Waals surface area contributed by atoms with Crippen molar-refractivity contribution in [1.29, 1.82) is 0 Å². The van der Waals surface area contributed by atoms with Crippen molar-refractivity contribution in [3.8, 4) is 0 Å². The average Bonchev–Trinajstić information content (AvgIpc) is 2.37. The Morgan fingerprint density at radius 2 is 1.95 bits per heavy atom. The van der Waals surface area contributed by atoms with E-state index >= 15 is 0 Å². The summed E-state index contributed by atoms with van der Waals surface area (Å²) < 4.78 is 24.1. The lowest BCUT2D eigenvalue weighted by Gasteiger charge is -2.32. The number of hydrogen-bond donors (Lipinski definition) is 1. The predicted molar refractivity (Wildman–Crippen MR) is 72.5 cm³/mol. The summed E-state index contributed by atoms with van der Waals surface area (Å²) in [6.45, 7) is 1.10. The summed E-state index contributed by atoms with van der Waals surface area (Å²) in [5.74, 6) is -0.142. The van der Waals surface area contributed by atoms with E-state index in [1.807, 2.05) is 0 Å². The van der Waals surface area contributed by atoms with Gasteiger partial charge in [-0.2, -0.15) is 12.7 Å². The molecule has 1 aromatic rings. The minimum Gasteiger partial charge on any atom is -0.336 e. The maximum absolute atomic E-state index is 12.2. The van der Waals surface area contributed by atoms with Crippen LogP contribution in [0.4, 0.5) is 0 Å². The molecule has 2 heterocycles. The number of pyridine rings is 1. The summed E-state index contributed by atoms with van der Waals surface area (Å²) in [6, 6.07) is 3.26. The molecular weight excluding hydrogens is 336 g/mol. The third kappa shape index (κ3) is 3.50. The molecule has 0 aliphatic carbocycles. The fourth-order valence-electron chi connectivity index (χ4n) is 1.86. The summed E-state index contributed by atoms with van der Waals surface area (Å²) in [4.78, 5) is 17.7. The van der Waals surface area contributed by atoms with Gasteiger partial charge in [0.2, 0.25) is 0 Å². The van der Waals surface area contributed by atoms with Crippen molar-refractivity contribution < 1.29 is 13.2 Å². The Hall–Kier alpha value is -1.03. The molecule has 9 heteroatoms. The van der Waals surface area contributed by atoms with Crippen LogP contribution in [0.5, 0.6) is 0 Å². The molecule has 0 radical (unpaired) electrons. The second-order valence-electron chi connectivity index (χ2n) is 4.10. The highest BCUT2D eigenvalue weighted by Gasteiger charge is 2.26. The Balaban J connectivity index is 2.04. The summed E-state index contributed by atoms with van der Waals surface area (Å²) in [5.41, 5.74) is 0.519. The minimum atomic E-state index is -3.67. The van der Waals surface area contributed by atoms with Gasteiger partial charge in [0.15, 0.2) is 0 Å². The number of nitrogens with two attached hydrogens (primary N) is 1. The summed E-state index contributed by atoms with van der Waals surface area (Å²) in [7, 11) is -3.67. The second kappa shape index (κ2) is 5.53. The van der Waals surface area contributed by atoms with Crippen molar-refractivity contribution in [3.63, 3.8) is 0 Å². The molecule has 0 aromatic carbocycles. The third-order valence-corrected chi connectivity index (χ3v) is 4.38. The van der Waals surface area contributed by atoms with Gasteiger partial charge in [-0.1, -0.05) is 0 Å². The Morgan fingerprint density at radius 1 is 1.32 bits per heavy atom. The third-order valence-electron chi connectivity index (χ3n) is 2.86. The SMILES string of the molecule is NS(=O)(=O)N1CCN(C(=O)c2ccnc(Br)c2)CC1. The molecule has 1 saturated heterocycles. The van der Waals surface area contributed by atoms with Crippen LogP contribution in [0, 0.1) is 0 Å². The van der Waals surface area contributed by atoms with Crippen molar-refractivity contribution in [3.05, 3.63) is 28.5 Å². The van der Waals surface area contributed by atoms with Gasteiger partial charge in [0.05, 0.1) is 0 Å². The average molecular weight is 349 g/mol. The van der Waals surface area contributed by atoms with Crippen LogP contribution >= 0.6 is 15.9 Å². The van der Waals surface area contributed by atoms with Gasteiger partial charge in [-0.3, -0.25) is 4.79 Å². The van der Waals surface area contributed by atoms with E-state index in [0.29, 0.717) is 23.3 Å². The molecule has 1 aliphatic rings. The largest absolute Gasteiger partial charge is 0.336 e. The molecule has 1 aromatic heterocycles. The van der Waals surface area contributed by atoms with E-state index in [2.05, 4.69) is 20.9 Å². The number of halogens is 1. The van der Waals surface area contributed by atoms with E-state index in [4.69, 9.17) is 5.14 Å². The Bertz CT molecular complexity index is 584. The molecule has 2 rings (SSSR count). The molecule has 104 valence electrons. The molecule has 7 nitrogen and oxygen atoms in total. The maximum Gasteiger partial charge on any atom is 0.277 e. The van der Waals surface area contributed by atoms with Crippen LogP contribution < -0.4 is 5.14 Å². The molecule has 0 saturated carbocycles. The molecule has 1 fully saturated rings. The normalized spacial score (nSPS) is 17.5. The fraction of sp³-hybridized carbons (Fsp3) is 0.400. The monoisotopic (exact) mass is 348 g/mol. The summed E-state index contributed by atoms with van der Waals surface area (Å²) in [6.07, 6.45) is 1.54. The smallest absolute Gasteiger partial charge is 0.277 e. The number of carbonyl (C=O) groups excluding carboxylic acids is 1. The van der Waals surface area contributed by atoms with E-state index in [1.54, 1.807) is 17.0 Å². The van der Waals surface area contributed by atoms with Crippen LogP contribution in [0.2, 0.25) is 0 Å². The zero-order valence-electron chi connectivity index (χ0n) is 9.99. The lowest BCUT2D eigenvalue weighted by molar-refractivity contribution is 0.0697. The van der Waals surface area contributed by atoms with Crippen LogP contribution in [0.15, 0.2) is 22.9 Å². The van der Waals surface area contributed by atoms with Gasteiger partial charge in [-0.15, -0.1) is 0 Å². The number of piperazine rings is 1. The first kappa shape index (κ1) is 14.4. The standard InChI is InChI=1S/C10H13BrN4O3S/c11-9-7-8(1-2-13-9)10(16)14-3-5-15(6-4-14)19(12,17)18/h1-2,7H,3-6H2,(H2,12,17,18). The number of carbonyl (C=O) groups is 1. The Kier molecular flexibility index (Phi) is 4.19. The Labute approximate surface area is 119 Å². The van der Waals surface area contributed by atoms with Crippen LogP contribution in [0.3, 0.4) is 0 Å². The van der Waals surface area contributed by atoms with E-state index < -0.39 is 10.2 Å². The van der Waals surface area contributed by atoms with Gasteiger partial charge < -0.3 is 4.90 Å². The lowest BCUT2D eigenvalue weighted by atomic mass is 10.2. The molecule has 0 atom stereocenters. The molecule has 0 bridgehead atoms. The van der Waals surface area contributed by atoms with Crippen LogP contribution in [-0.2, 0) is 10.2 Å². The number of nitrogens with zero attached hydrogens (tertiary/aromatic N) is 3. The van der Waals surface area contributed by atoms with Crippen LogP contribution in [0.1, 0.15) is 10.4 Å². The number of hydrogen-bond acceptors (Lipinski definition) is 4. The second-order valence-corrected chi connectivity index (χ2v) is 6.46.